The van der Waals surface area contributed by atoms with E-state index in [1.54, 1.807) is 25.5 Å². The van der Waals surface area contributed by atoms with E-state index in [1.165, 1.54) is 19.2 Å². The minimum atomic E-state index is -0.366. The van der Waals surface area contributed by atoms with Crippen LogP contribution in [0.5, 0.6) is 5.75 Å². The average molecular weight is 320 g/mol. The van der Waals surface area contributed by atoms with Gasteiger partial charge < -0.3 is 19.9 Å². The highest BCUT2D eigenvalue weighted by Gasteiger charge is 2.14. The molecule has 0 fully saturated rings. The van der Waals surface area contributed by atoms with Gasteiger partial charge in [0, 0.05) is 31.0 Å². The van der Waals surface area contributed by atoms with Crippen LogP contribution < -0.4 is 15.4 Å². The Kier molecular flexibility index (Phi) is 5.96. The first-order chi connectivity index (χ1) is 11.1. The van der Waals surface area contributed by atoms with Crippen molar-refractivity contribution in [3.63, 3.8) is 0 Å². The van der Waals surface area contributed by atoms with Gasteiger partial charge in [-0.25, -0.2) is 14.2 Å². The van der Waals surface area contributed by atoms with E-state index in [4.69, 9.17) is 4.74 Å². The van der Waals surface area contributed by atoms with Gasteiger partial charge in [0.25, 0.3) is 0 Å². The van der Waals surface area contributed by atoms with Gasteiger partial charge in [0.1, 0.15) is 11.6 Å². The van der Waals surface area contributed by atoms with Gasteiger partial charge in [-0.15, -0.1) is 0 Å². The maximum atomic E-state index is 13.4. The number of rotatable bonds is 7. The molecule has 0 saturated heterocycles. The molecule has 2 amide bonds. The van der Waals surface area contributed by atoms with Gasteiger partial charge in [0.2, 0.25) is 0 Å². The molecule has 0 bridgehead atoms. The first-order valence-corrected chi connectivity index (χ1v) is 7.43. The number of hydrogen-bond donors (Lipinski definition) is 2. The summed E-state index contributed by atoms with van der Waals surface area (Å²) in [5.41, 5.74) is 0.598. The number of hydrogen-bond acceptors (Lipinski definition) is 3. The summed E-state index contributed by atoms with van der Waals surface area (Å²) in [6, 6.07) is 3.57. The number of carbonyl (C=O) groups excluding carboxylic acids is 1. The number of urea groups is 1. The van der Waals surface area contributed by atoms with Crippen LogP contribution in [0.4, 0.5) is 9.18 Å². The van der Waals surface area contributed by atoms with Crippen molar-refractivity contribution in [3.05, 3.63) is 48.3 Å². The third-order valence-corrected chi connectivity index (χ3v) is 3.44. The Balaban J connectivity index is 1.79. The molecule has 0 spiro atoms. The first-order valence-electron chi connectivity index (χ1n) is 7.43. The Morgan fingerprint density at radius 1 is 1.48 bits per heavy atom. The minimum Gasteiger partial charge on any atom is -0.496 e. The van der Waals surface area contributed by atoms with Crippen molar-refractivity contribution in [1.82, 2.24) is 20.2 Å². The van der Waals surface area contributed by atoms with E-state index >= 15 is 0 Å². The lowest BCUT2D eigenvalue weighted by Gasteiger charge is -2.18. The summed E-state index contributed by atoms with van der Waals surface area (Å²) in [5.74, 6) is 0.175. The molecule has 124 valence electrons. The second-order valence-corrected chi connectivity index (χ2v) is 5.16. The molecule has 0 radical (unpaired) electrons. The molecule has 6 nitrogen and oxygen atoms in total. The van der Waals surface area contributed by atoms with E-state index in [-0.39, 0.29) is 17.9 Å². The molecule has 0 aliphatic rings. The second kappa shape index (κ2) is 8.17. The standard InChI is InChI=1S/C16H21FN4O2/c1-12(14-10-13(17)4-5-15(14)23-2)20-16(22)19-6-3-8-21-9-7-18-11-21/h4-5,7,9-12H,3,6,8H2,1-2H3,(H2,19,20,22). The van der Waals surface area contributed by atoms with Gasteiger partial charge >= 0.3 is 6.03 Å². The number of carbonyl (C=O) groups is 1. The molecule has 0 aliphatic carbocycles. The minimum absolute atomic E-state index is 0.297. The molecule has 7 heteroatoms. The Morgan fingerprint density at radius 2 is 2.30 bits per heavy atom. The van der Waals surface area contributed by atoms with Crippen LogP contribution in [-0.2, 0) is 6.54 Å². The van der Waals surface area contributed by atoms with Crippen molar-refractivity contribution in [2.24, 2.45) is 0 Å². The van der Waals surface area contributed by atoms with Crippen molar-refractivity contribution in [2.45, 2.75) is 25.9 Å². The molecular formula is C16H21FN4O2. The zero-order valence-electron chi connectivity index (χ0n) is 13.3. The molecule has 0 aliphatic heterocycles. The van der Waals surface area contributed by atoms with Crippen LogP contribution in [0.1, 0.15) is 24.9 Å². The summed E-state index contributed by atoms with van der Waals surface area (Å²) < 4.78 is 20.5. The molecule has 1 aromatic heterocycles. The topological polar surface area (TPSA) is 68.2 Å². The first kappa shape index (κ1) is 16.8. The van der Waals surface area contributed by atoms with Crippen LogP contribution in [0.2, 0.25) is 0 Å². The molecule has 0 saturated carbocycles. The SMILES string of the molecule is COc1ccc(F)cc1C(C)NC(=O)NCCCn1ccnc1. The fraction of sp³-hybridized carbons (Fsp3) is 0.375. The summed E-state index contributed by atoms with van der Waals surface area (Å²) in [7, 11) is 1.51. The molecule has 2 aromatic rings. The summed E-state index contributed by atoms with van der Waals surface area (Å²) in [6.07, 6.45) is 6.12. The number of nitrogens with zero attached hydrogens (tertiary/aromatic N) is 2. The summed E-state index contributed by atoms with van der Waals surface area (Å²) in [5, 5.41) is 5.56. The number of nitrogens with one attached hydrogen (secondary N) is 2. The average Bonchev–Trinajstić information content (AvgIpc) is 3.05. The number of aryl methyl sites for hydroxylation is 1. The maximum absolute atomic E-state index is 13.4. The number of imidazole rings is 1. The molecule has 23 heavy (non-hydrogen) atoms. The maximum Gasteiger partial charge on any atom is 0.315 e. The van der Waals surface area contributed by atoms with Gasteiger partial charge in [-0.2, -0.15) is 0 Å². The zero-order chi connectivity index (χ0) is 16.7. The third-order valence-electron chi connectivity index (χ3n) is 3.44. The number of benzene rings is 1. The molecule has 1 atom stereocenters. The fourth-order valence-corrected chi connectivity index (χ4v) is 2.25. The summed E-state index contributed by atoms with van der Waals surface area (Å²) in [6.45, 7) is 3.10. The number of halogens is 1. The highest BCUT2D eigenvalue weighted by molar-refractivity contribution is 5.74. The van der Waals surface area contributed by atoms with Crippen LogP contribution in [0.15, 0.2) is 36.9 Å². The Hall–Kier alpha value is -2.57. The lowest BCUT2D eigenvalue weighted by atomic mass is 10.1. The Morgan fingerprint density at radius 3 is 3.00 bits per heavy atom. The van der Waals surface area contributed by atoms with Crippen LogP contribution in [0.25, 0.3) is 0 Å². The van der Waals surface area contributed by atoms with E-state index in [2.05, 4.69) is 15.6 Å². The van der Waals surface area contributed by atoms with E-state index in [9.17, 15) is 9.18 Å². The lowest BCUT2D eigenvalue weighted by Crippen LogP contribution is -2.37. The second-order valence-electron chi connectivity index (χ2n) is 5.16. The normalized spacial score (nSPS) is 11.8. The third kappa shape index (κ3) is 4.98. The number of aromatic nitrogens is 2. The molecule has 1 unspecified atom stereocenters. The van der Waals surface area contributed by atoms with Gasteiger partial charge in [-0.1, -0.05) is 0 Å². The quantitative estimate of drug-likeness (QED) is 0.770. The van der Waals surface area contributed by atoms with E-state index < -0.39 is 0 Å². The van der Waals surface area contributed by atoms with Crippen LogP contribution >= 0.6 is 0 Å². The summed E-state index contributed by atoms with van der Waals surface area (Å²) >= 11 is 0. The van der Waals surface area contributed by atoms with Gasteiger partial charge in [0.05, 0.1) is 19.5 Å². The number of amides is 2. The van der Waals surface area contributed by atoms with Crippen molar-refractivity contribution >= 4 is 6.03 Å². The number of ether oxygens (including phenoxy) is 1. The predicted molar refractivity (Wildman–Crippen MR) is 84.7 cm³/mol. The smallest absolute Gasteiger partial charge is 0.315 e. The molecule has 2 N–H and O–H groups in total. The zero-order valence-corrected chi connectivity index (χ0v) is 13.3. The molecule has 1 aromatic carbocycles. The van der Waals surface area contributed by atoms with E-state index in [0.717, 1.165) is 13.0 Å². The highest BCUT2D eigenvalue weighted by Crippen LogP contribution is 2.25. The van der Waals surface area contributed by atoms with E-state index in [1.807, 2.05) is 10.8 Å². The molecule has 2 rings (SSSR count). The fourth-order valence-electron chi connectivity index (χ4n) is 2.25. The van der Waals surface area contributed by atoms with Crippen LogP contribution in [-0.4, -0.2) is 29.2 Å². The van der Waals surface area contributed by atoms with Crippen molar-refractivity contribution in [2.75, 3.05) is 13.7 Å². The van der Waals surface area contributed by atoms with Crippen LogP contribution in [0.3, 0.4) is 0 Å². The van der Waals surface area contributed by atoms with Gasteiger partial charge in [-0.05, 0) is 31.5 Å². The summed E-state index contributed by atoms with van der Waals surface area (Å²) in [4.78, 5) is 15.8. The van der Waals surface area contributed by atoms with Gasteiger partial charge in [-0.3, -0.25) is 0 Å². The van der Waals surface area contributed by atoms with Crippen molar-refractivity contribution < 1.29 is 13.9 Å². The van der Waals surface area contributed by atoms with Crippen molar-refractivity contribution in [3.8, 4) is 5.75 Å². The Bertz CT molecular complexity index is 631. The highest BCUT2D eigenvalue weighted by atomic mass is 19.1. The number of methoxy groups -OCH3 is 1. The van der Waals surface area contributed by atoms with E-state index in [0.29, 0.717) is 17.9 Å². The largest absolute Gasteiger partial charge is 0.496 e. The van der Waals surface area contributed by atoms with Gasteiger partial charge in [0.15, 0.2) is 0 Å². The predicted octanol–water partition coefficient (Wildman–Crippen LogP) is 2.48. The molecular weight excluding hydrogens is 299 g/mol. The Labute approximate surface area is 134 Å². The monoisotopic (exact) mass is 320 g/mol. The van der Waals surface area contributed by atoms with Crippen molar-refractivity contribution in [1.29, 1.82) is 0 Å². The molecule has 1 heterocycles. The van der Waals surface area contributed by atoms with Crippen LogP contribution in [0, 0.1) is 5.82 Å². The lowest BCUT2D eigenvalue weighted by molar-refractivity contribution is 0.237.